The highest BCUT2D eigenvalue weighted by Gasteiger charge is 2.59. The van der Waals surface area contributed by atoms with Crippen molar-refractivity contribution in [3.63, 3.8) is 0 Å². The van der Waals surface area contributed by atoms with E-state index in [1.807, 2.05) is 6.92 Å². The Labute approximate surface area is 137 Å². The van der Waals surface area contributed by atoms with Gasteiger partial charge in [-0.3, -0.25) is 9.59 Å². The number of hydrogen-bond donors (Lipinski definition) is 0. The molecule has 1 saturated carbocycles. The molecule has 0 radical (unpaired) electrons. The summed E-state index contributed by atoms with van der Waals surface area (Å²) in [5, 5.41) is 0.805. The molecule has 1 aliphatic heterocycles. The number of carbonyl (C=O) groups excluding carboxylic acids is 2. The summed E-state index contributed by atoms with van der Waals surface area (Å²) in [6.07, 6.45) is 5.05. The highest BCUT2D eigenvalue weighted by atomic mass is 16.4. The summed E-state index contributed by atoms with van der Waals surface area (Å²) in [5.74, 6) is -0.350. The van der Waals surface area contributed by atoms with Crippen LogP contribution in [-0.2, 0) is 9.59 Å². The Balaban J connectivity index is 1.62. The molecule has 1 aromatic heterocycles. The summed E-state index contributed by atoms with van der Waals surface area (Å²) in [7, 11) is 0. The number of benzene rings is 1. The van der Waals surface area contributed by atoms with Gasteiger partial charge in [0.1, 0.15) is 5.58 Å². The molecule has 2 aliphatic carbocycles. The Morgan fingerprint density at radius 2 is 1.67 bits per heavy atom. The third kappa shape index (κ3) is 1.62. The topological polar surface area (TPSA) is 67.6 Å². The van der Waals surface area contributed by atoms with E-state index in [0.717, 1.165) is 17.4 Å². The first-order valence-electron chi connectivity index (χ1n) is 8.15. The van der Waals surface area contributed by atoms with E-state index in [4.69, 9.17) is 4.42 Å². The molecule has 0 spiro atoms. The van der Waals surface area contributed by atoms with E-state index in [9.17, 15) is 14.4 Å². The lowest BCUT2D eigenvalue weighted by atomic mass is 9.85. The summed E-state index contributed by atoms with van der Waals surface area (Å²) < 4.78 is 5.24. The summed E-state index contributed by atoms with van der Waals surface area (Å²) in [6.45, 7) is 1.83. The van der Waals surface area contributed by atoms with Crippen LogP contribution in [-0.4, -0.2) is 11.8 Å². The maximum Gasteiger partial charge on any atom is 0.336 e. The number of allylic oxidation sites excluding steroid dienone is 2. The van der Waals surface area contributed by atoms with Crippen molar-refractivity contribution < 1.29 is 14.0 Å². The molecule has 5 nitrogen and oxygen atoms in total. The van der Waals surface area contributed by atoms with Crippen LogP contribution >= 0.6 is 0 Å². The number of aryl methyl sites for hydroxylation is 1. The van der Waals surface area contributed by atoms with Crippen LogP contribution in [0.25, 0.3) is 11.0 Å². The SMILES string of the molecule is Cc1cc(=O)oc2cc(N3C(=O)[C@@H]4[C@H](C3=O)[C@H]3C=C[C@@H]4C3)ccc12. The van der Waals surface area contributed by atoms with Crippen molar-refractivity contribution in [2.24, 2.45) is 23.7 Å². The van der Waals surface area contributed by atoms with Crippen molar-refractivity contribution in [3.8, 4) is 0 Å². The molecule has 24 heavy (non-hydrogen) atoms. The highest BCUT2D eigenvalue weighted by Crippen LogP contribution is 2.53. The first-order chi connectivity index (χ1) is 11.5. The maximum absolute atomic E-state index is 12.8. The van der Waals surface area contributed by atoms with Crippen LogP contribution in [0.2, 0.25) is 0 Å². The van der Waals surface area contributed by atoms with Crippen molar-refractivity contribution in [1.29, 1.82) is 0 Å². The molecular formula is C19H15NO4. The number of amides is 2. The zero-order chi connectivity index (χ0) is 16.6. The lowest BCUT2D eigenvalue weighted by molar-refractivity contribution is -0.123. The van der Waals surface area contributed by atoms with E-state index in [2.05, 4.69) is 12.2 Å². The molecule has 5 heteroatoms. The molecule has 1 aromatic carbocycles. The summed E-state index contributed by atoms with van der Waals surface area (Å²) in [4.78, 5) is 38.6. The molecule has 0 N–H and O–H groups in total. The fraction of sp³-hybridized carbons (Fsp3) is 0.316. The fourth-order valence-corrected chi connectivity index (χ4v) is 4.61. The molecule has 1 saturated heterocycles. The number of anilines is 1. The van der Waals surface area contributed by atoms with Gasteiger partial charge in [0.05, 0.1) is 17.5 Å². The van der Waals surface area contributed by atoms with Gasteiger partial charge in [-0.25, -0.2) is 9.69 Å². The van der Waals surface area contributed by atoms with Gasteiger partial charge >= 0.3 is 5.63 Å². The second-order valence-corrected chi connectivity index (χ2v) is 6.94. The lowest BCUT2D eigenvalue weighted by Gasteiger charge is -2.17. The number of hydrogen-bond acceptors (Lipinski definition) is 4. The Kier molecular flexibility index (Phi) is 2.54. The van der Waals surface area contributed by atoms with Crippen LogP contribution in [0.4, 0.5) is 5.69 Å². The van der Waals surface area contributed by atoms with Crippen molar-refractivity contribution in [1.82, 2.24) is 0 Å². The molecular weight excluding hydrogens is 306 g/mol. The molecule has 2 fully saturated rings. The monoisotopic (exact) mass is 321 g/mol. The minimum absolute atomic E-state index is 0.129. The molecule has 2 aromatic rings. The van der Waals surface area contributed by atoms with Crippen LogP contribution in [0.3, 0.4) is 0 Å². The van der Waals surface area contributed by atoms with Crippen molar-refractivity contribution >= 4 is 28.5 Å². The Morgan fingerprint density at radius 3 is 2.33 bits per heavy atom. The largest absolute Gasteiger partial charge is 0.423 e. The highest BCUT2D eigenvalue weighted by molar-refractivity contribution is 6.23. The van der Waals surface area contributed by atoms with E-state index in [1.54, 1.807) is 18.2 Å². The van der Waals surface area contributed by atoms with Gasteiger partial charge in [-0.1, -0.05) is 12.2 Å². The van der Waals surface area contributed by atoms with Gasteiger partial charge in [0.25, 0.3) is 0 Å². The van der Waals surface area contributed by atoms with Gasteiger partial charge in [0.15, 0.2) is 0 Å². The van der Waals surface area contributed by atoms with E-state index in [1.165, 1.54) is 11.0 Å². The number of fused-ring (bicyclic) bond motifs is 6. The Hall–Kier alpha value is -2.69. The van der Waals surface area contributed by atoms with E-state index in [0.29, 0.717) is 11.3 Å². The number of nitrogens with zero attached hydrogens (tertiary/aromatic N) is 1. The van der Waals surface area contributed by atoms with Gasteiger partial charge in [-0.05, 0) is 42.9 Å². The molecule has 2 amide bonds. The van der Waals surface area contributed by atoms with Gasteiger partial charge in [0.2, 0.25) is 11.8 Å². The predicted molar refractivity (Wildman–Crippen MR) is 87.4 cm³/mol. The third-order valence-corrected chi connectivity index (χ3v) is 5.66. The van der Waals surface area contributed by atoms with Crippen LogP contribution in [0.5, 0.6) is 0 Å². The fourth-order valence-electron chi connectivity index (χ4n) is 4.61. The summed E-state index contributed by atoms with van der Waals surface area (Å²) in [6, 6.07) is 6.60. The molecule has 2 heterocycles. The predicted octanol–water partition coefficient (Wildman–Crippen LogP) is 2.41. The third-order valence-electron chi connectivity index (χ3n) is 5.66. The van der Waals surface area contributed by atoms with Gasteiger partial charge in [0, 0.05) is 17.5 Å². The molecule has 4 atom stereocenters. The molecule has 3 aliphatic rings. The molecule has 0 unspecified atom stereocenters. The summed E-state index contributed by atoms with van der Waals surface area (Å²) >= 11 is 0. The van der Waals surface area contributed by atoms with Crippen LogP contribution in [0.1, 0.15) is 12.0 Å². The molecule has 5 rings (SSSR count). The minimum Gasteiger partial charge on any atom is -0.423 e. The Morgan fingerprint density at radius 1 is 1.00 bits per heavy atom. The second-order valence-electron chi connectivity index (χ2n) is 6.94. The smallest absolute Gasteiger partial charge is 0.336 e. The minimum atomic E-state index is -0.435. The normalized spacial score (nSPS) is 30.6. The maximum atomic E-state index is 12.8. The number of imide groups is 1. The standard InChI is InChI=1S/C19H15NO4/c1-9-6-15(21)24-14-8-12(4-5-13(9)14)20-18(22)16-10-2-3-11(7-10)17(16)19(20)23/h2-6,8,10-11,16-17H,7H2,1H3/t10-,11+,16+,17-. The van der Waals surface area contributed by atoms with E-state index < -0.39 is 5.63 Å². The first-order valence-corrected chi connectivity index (χ1v) is 8.15. The summed E-state index contributed by atoms with van der Waals surface area (Å²) in [5.41, 5.74) is 1.26. The van der Waals surface area contributed by atoms with E-state index in [-0.39, 0.29) is 35.5 Å². The number of carbonyl (C=O) groups is 2. The van der Waals surface area contributed by atoms with Crippen molar-refractivity contribution in [3.05, 3.63) is 52.4 Å². The van der Waals surface area contributed by atoms with Crippen molar-refractivity contribution in [2.45, 2.75) is 13.3 Å². The zero-order valence-electron chi connectivity index (χ0n) is 13.1. The first kappa shape index (κ1) is 13.7. The van der Waals surface area contributed by atoms with Crippen molar-refractivity contribution in [2.75, 3.05) is 4.90 Å². The van der Waals surface area contributed by atoms with Gasteiger partial charge in [-0.15, -0.1) is 0 Å². The molecule has 2 bridgehead atoms. The van der Waals surface area contributed by atoms with Crippen LogP contribution in [0, 0.1) is 30.6 Å². The number of rotatable bonds is 1. The van der Waals surface area contributed by atoms with E-state index >= 15 is 0 Å². The Bertz CT molecular complexity index is 972. The van der Waals surface area contributed by atoms with Crippen LogP contribution in [0.15, 0.2) is 45.6 Å². The van der Waals surface area contributed by atoms with Crippen LogP contribution < -0.4 is 10.5 Å². The zero-order valence-corrected chi connectivity index (χ0v) is 13.1. The van der Waals surface area contributed by atoms with Gasteiger partial charge < -0.3 is 4.42 Å². The second kappa shape index (κ2) is 4.44. The average Bonchev–Trinajstić information content (AvgIpc) is 3.20. The quantitative estimate of drug-likeness (QED) is 0.459. The molecule has 120 valence electrons. The average molecular weight is 321 g/mol. The lowest BCUT2D eigenvalue weighted by Crippen LogP contribution is -2.32. The van der Waals surface area contributed by atoms with Gasteiger partial charge in [-0.2, -0.15) is 0 Å².